The van der Waals surface area contributed by atoms with Crippen LogP contribution in [0.5, 0.6) is 11.5 Å². The smallest absolute Gasteiger partial charge is 0.334 e. The zero-order valence-corrected chi connectivity index (χ0v) is 13.0. The first kappa shape index (κ1) is 16.7. The van der Waals surface area contributed by atoms with Crippen molar-refractivity contribution in [1.29, 1.82) is 0 Å². The maximum atomic E-state index is 12.2. The molecule has 0 saturated heterocycles. The number of hydrogen-bond acceptors (Lipinski definition) is 5. The molecule has 0 fully saturated rings. The maximum Gasteiger partial charge on any atom is 0.334 e. The molecule has 1 aliphatic heterocycles. The lowest BCUT2D eigenvalue weighted by atomic mass is 10.1. The van der Waals surface area contributed by atoms with Crippen LogP contribution < -0.4 is 10.1 Å². The number of nitrogens with one attached hydrogen (secondary N) is 1. The van der Waals surface area contributed by atoms with Crippen LogP contribution in [-0.4, -0.2) is 35.0 Å². The Morgan fingerprint density at radius 2 is 1.68 bits per heavy atom. The van der Waals surface area contributed by atoms with Crippen LogP contribution in [0.4, 0.5) is 5.69 Å². The monoisotopic (exact) mass is 341 g/mol. The van der Waals surface area contributed by atoms with Crippen molar-refractivity contribution >= 4 is 17.6 Å². The molecule has 7 heteroatoms. The molecule has 128 valence electrons. The van der Waals surface area contributed by atoms with Gasteiger partial charge in [-0.15, -0.1) is 0 Å². The van der Waals surface area contributed by atoms with E-state index < -0.39 is 18.2 Å². The molecule has 0 bridgehead atoms. The van der Waals surface area contributed by atoms with E-state index in [0.717, 1.165) is 0 Å². The fourth-order valence-electron chi connectivity index (χ4n) is 2.33. The number of anilines is 1. The first-order chi connectivity index (χ1) is 12.0. The van der Waals surface area contributed by atoms with Gasteiger partial charge in [-0.25, -0.2) is 4.79 Å². The van der Waals surface area contributed by atoms with Gasteiger partial charge in [0.25, 0.3) is 5.91 Å². The second kappa shape index (κ2) is 7.16. The molecule has 0 radical (unpaired) electrons. The van der Waals surface area contributed by atoms with Crippen molar-refractivity contribution in [2.75, 3.05) is 11.9 Å². The minimum absolute atomic E-state index is 0.256. The van der Waals surface area contributed by atoms with Crippen LogP contribution in [0, 0.1) is 0 Å². The lowest BCUT2D eigenvalue weighted by Gasteiger charge is -2.10. The molecule has 1 aliphatic rings. The zero-order valence-electron chi connectivity index (χ0n) is 13.0. The molecule has 0 spiro atoms. The largest absolute Gasteiger partial charge is 0.478 e. The van der Waals surface area contributed by atoms with E-state index in [1.165, 1.54) is 0 Å². The van der Waals surface area contributed by atoms with Crippen molar-refractivity contribution < 1.29 is 29.3 Å². The van der Waals surface area contributed by atoms with Gasteiger partial charge in [-0.05, 0) is 36.4 Å². The van der Waals surface area contributed by atoms with Crippen LogP contribution in [0.2, 0.25) is 0 Å². The molecular weight excluding hydrogens is 326 g/mol. The van der Waals surface area contributed by atoms with Crippen LogP contribution in [0.15, 0.2) is 65.7 Å². The number of amides is 1. The highest BCUT2D eigenvalue weighted by Gasteiger charge is 2.33. The third-order valence-electron chi connectivity index (χ3n) is 3.55. The van der Waals surface area contributed by atoms with E-state index in [1.54, 1.807) is 24.3 Å². The topological polar surface area (TPSA) is 105 Å². The molecule has 1 unspecified atom stereocenters. The molecule has 25 heavy (non-hydrogen) atoms. The number of carboxylic acid groups (broad SMARTS) is 1. The van der Waals surface area contributed by atoms with E-state index >= 15 is 0 Å². The van der Waals surface area contributed by atoms with Crippen LogP contribution >= 0.6 is 0 Å². The molecule has 2 aromatic rings. The van der Waals surface area contributed by atoms with Crippen molar-refractivity contribution in [3.63, 3.8) is 0 Å². The van der Waals surface area contributed by atoms with Gasteiger partial charge in [0.15, 0.2) is 6.29 Å². The number of aliphatic carboxylic acids is 1. The molecule has 3 rings (SSSR count). The Bertz CT molecular complexity index is 813. The molecule has 1 heterocycles. The summed E-state index contributed by atoms with van der Waals surface area (Å²) in [6.45, 7) is -0.316. The van der Waals surface area contributed by atoms with E-state index in [0.29, 0.717) is 17.2 Å². The summed E-state index contributed by atoms with van der Waals surface area (Å²) in [4.78, 5) is 23.3. The second-order valence-corrected chi connectivity index (χ2v) is 5.25. The molecule has 2 aromatic carbocycles. The van der Waals surface area contributed by atoms with Gasteiger partial charge in [-0.2, -0.15) is 0 Å². The summed E-state index contributed by atoms with van der Waals surface area (Å²) in [6, 6.07) is 15.8. The molecule has 3 N–H and O–H groups in total. The van der Waals surface area contributed by atoms with Gasteiger partial charge >= 0.3 is 5.97 Å². The number of aliphatic hydroxyl groups excluding tert-OH is 1. The highest BCUT2D eigenvalue weighted by atomic mass is 16.6. The number of para-hydroxylation sites is 1. The van der Waals surface area contributed by atoms with E-state index in [1.807, 2.05) is 30.3 Å². The predicted molar refractivity (Wildman–Crippen MR) is 88.2 cm³/mol. The first-order valence-corrected chi connectivity index (χ1v) is 7.45. The average molecular weight is 341 g/mol. The third kappa shape index (κ3) is 3.85. The Balaban J connectivity index is 1.70. The maximum absolute atomic E-state index is 12.2. The fourth-order valence-corrected chi connectivity index (χ4v) is 2.33. The van der Waals surface area contributed by atoms with Gasteiger partial charge < -0.3 is 25.0 Å². The minimum Gasteiger partial charge on any atom is -0.478 e. The standard InChI is InChI=1S/C18H15NO6/c20-16(15-14(17(21)22)10-24-18(15)23)19-11-6-8-13(9-7-11)25-12-4-2-1-3-5-12/h1-9,18,23H,10H2,(H,19,20)(H,21,22). The molecule has 1 amide bonds. The first-order valence-electron chi connectivity index (χ1n) is 7.45. The Morgan fingerprint density at radius 3 is 2.32 bits per heavy atom. The SMILES string of the molecule is O=C(O)C1=C(C(=O)Nc2ccc(Oc3ccccc3)cc2)C(O)OC1. The van der Waals surface area contributed by atoms with Crippen molar-refractivity contribution in [2.24, 2.45) is 0 Å². The van der Waals surface area contributed by atoms with Gasteiger partial charge in [0.05, 0.1) is 17.8 Å². The number of aliphatic hydroxyl groups is 1. The summed E-state index contributed by atoms with van der Waals surface area (Å²) < 4.78 is 10.4. The minimum atomic E-state index is -1.55. The Labute approximate surface area is 143 Å². The number of rotatable bonds is 5. The van der Waals surface area contributed by atoms with Crippen molar-refractivity contribution in [3.8, 4) is 11.5 Å². The Kier molecular flexibility index (Phi) is 4.78. The molecule has 0 aliphatic carbocycles. The van der Waals surface area contributed by atoms with Crippen molar-refractivity contribution in [3.05, 3.63) is 65.7 Å². The number of ether oxygens (including phenoxy) is 2. The number of carboxylic acids is 1. The fraction of sp³-hybridized carbons (Fsp3) is 0.111. The van der Waals surface area contributed by atoms with Crippen LogP contribution in [0.25, 0.3) is 0 Å². The lowest BCUT2D eigenvalue weighted by molar-refractivity contribution is -0.133. The predicted octanol–water partition coefficient (Wildman–Crippen LogP) is 2.15. The van der Waals surface area contributed by atoms with Crippen molar-refractivity contribution in [2.45, 2.75) is 6.29 Å². The zero-order chi connectivity index (χ0) is 17.8. The van der Waals surface area contributed by atoms with Gasteiger partial charge in [0, 0.05) is 5.69 Å². The summed E-state index contributed by atoms with van der Waals surface area (Å²) in [7, 11) is 0. The van der Waals surface area contributed by atoms with E-state index in [9.17, 15) is 14.7 Å². The Morgan fingerprint density at radius 1 is 1.04 bits per heavy atom. The second-order valence-electron chi connectivity index (χ2n) is 5.25. The van der Waals surface area contributed by atoms with E-state index in [2.05, 4.69) is 5.32 Å². The number of benzene rings is 2. The number of hydrogen-bond donors (Lipinski definition) is 3. The van der Waals surface area contributed by atoms with E-state index in [-0.39, 0.29) is 17.8 Å². The highest BCUT2D eigenvalue weighted by molar-refractivity contribution is 6.09. The summed E-state index contributed by atoms with van der Waals surface area (Å²) in [5.74, 6) is -0.756. The highest BCUT2D eigenvalue weighted by Crippen LogP contribution is 2.25. The van der Waals surface area contributed by atoms with Crippen LogP contribution in [0.1, 0.15) is 0 Å². The van der Waals surface area contributed by atoms with Gasteiger partial charge in [0.2, 0.25) is 0 Å². The van der Waals surface area contributed by atoms with Gasteiger partial charge in [0.1, 0.15) is 11.5 Å². The third-order valence-corrected chi connectivity index (χ3v) is 3.55. The lowest BCUT2D eigenvalue weighted by Crippen LogP contribution is -2.23. The van der Waals surface area contributed by atoms with Crippen molar-refractivity contribution in [1.82, 2.24) is 0 Å². The van der Waals surface area contributed by atoms with Gasteiger partial charge in [-0.1, -0.05) is 18.2 Å². The Hall–Kier alpha value is -3.16. The molecule has 1 atom stereocenters. The molecular formula is C18H15NO6. The summed E-state index contributed by atoms with van der Waals surface area (Å²) in [6.07, 6.45) is -1.55. The summed E-state index contributed by atoms with van der Waals surface area (Å²) in [5, 5.41) is 21.2. The molecule has 7 nitrogen and oxygen atoms in total. The summed E-state index contributed by atoms with van der Waals surface area (Å²) in [5.41, 5.74) is -0.118. The quantitative estimate of drug-likeness (QED) is 0.770. The molecule has 0 aromatic heterocycles. The van der Waals surface area contributed by atoms with Crippen LogP contribution in [0.3, 0.4) is 0 Å². The average Bonchev–Trinajstić information content (AvgIpc) is 2.99. The number of carbonyl (C=O) groups excluding carboxylic acids is 1. The van der Waals surface area contributed by atoms with Crippen LogP contribution in [-0.2, 0) is 14.3 Å². The number of carbonyl (C=O) groups is 2. The van der Waals surface area contributed by atoms with Gasteiger partial charge in [-0.3, -0.25) is 4.79 Å². The molecule has 0 saturated carbocycles. The summed E-state index contributed by atoms with van der Waals surface area (Å²) >= 11 is 0. The normalized spacial score (nSPS) is 16.6. The van der Waals surface area contributed by atoms with E-state index in [4.69, 9.17) is 14.6 Å².